The maximum absolute atomic E-state index is 4.36. The van der Waals surface area contributed by atoms with Crippen molar-refractivity contribution in [1.82, 2.24) is 25.2 Å². The summed E-state index contributed by atoms with van der Waals surface area (Å²) in [6.45, 7) is 13.1. The van der Waals surface area contributed by atoms with Crippen LogP contribution in [0.1, 0.15) is 52.7 Å². The average molecular weight is 316 g/mol. The van der Waals surface area contributed by atoms with E-state index >= 15 is 0 Å². The van der Waals surface area contributed by atoms with Gasteiger partial charge < -0.3 is 5.32 Å². The maximum Gasteiger partial charge on any atom is 0.0967 e. The molecule has 1 saturated heterocycles. The number of hydrogen-bond donors (Lipinski definition) is 1. The average Bonchev–Trinajstić information content (AvgIpc) is 2.88. The first-order valence-electron chi connectivity index (χ1n) is 7.87. The third-order valence-corrected chi connectivity index (χ3v) is 3.93. The number of nitrogens with one attached hydrogen (secondary N) is 1. The molecule has 0 atom stereocenters. The highest BCUT2D eigenvalue weighted by Gasteiger charge is 2.22. The summed E-state index contributed by atoms with van der Waals surface area (Å²) < 4.78 is 1.97. The van der Waals surface area contributed by atoms with Crippen LogP contribution in [0.4, 0.5) is 0 Å². The van der Waals surface area contributed by atoms with Gasteiger partial charge in [-0.25, -0.2) is 4.68 Å². The number of rotatable bonds is 5. The van der Waals surface area contributed by atoms with E-state index in [4.69, 9.17) is 0 Å². The molecule has 0 spiro atoms. The molecule has 1 aromatic heterocycles. The van der Waals surface area contributed by atoms with Crippen molar-refractivity contribution in [2.75, 3.05) is 19.6 Å². The molecule has 6 heteroatoms. The Morgan fingerprint density at radius 2 is 2.00 bits per heavy atom. The second-order valence-corrected chi connectivity index (χ2v) is 6.78. The maximum atomic E-state index is 4.36. The van der Waals surface area contributed by atoms with Gasteiger partial charge in [-0.2, -0.15) is 0 Å². The van der Waals surface area contributed by atoms with Gasteiger partial charge in [-0.3, -0.25) is 4.90 Å². The van der Waals surface area contributed by atoms with E-state index in [1.807, 2.05) is 4.68 Å². The van der Waals surface area contributed by atoms with E-state index in [0.717, 1.165) is 31.9 Å². The Hall–Kier alpha value is -0.650. The molecule has 2 heterocycles. The van der Waals surface area contributed by atoms with Crippen LogP contribution < -0.4 is 5.32 Å². The highest BCUT2D eigenvalue weighted by molar-refractivity contribution is 5.85. The molecule has 0 radical (unpaired) electrons. The molecule has 2 rings (SSSR count). The van der Waals surface area contributed by atoms with Crippen molar-refractivity contribution in [2.24, 2.45) is 0 Å². The molecule has 1 N–H and O–H groups in total. The summed E-state index contributed by atoms with van der Waals surface area (Å²) in [6, 6.07) is 0.691. The quantitative estimate of drug-likeness (QED) is 0.906. The third kappa shape index (κ3) is 5.24. The summed E-state index contributed by atoms with van der Waals surface area (Å²) in [5.74, 6) is 0. The topological polar surface area (TPSA) is 46.0 Å². The molecule has 1 aromatic rings. The van der Waals surface area contributed by atoms with Gasteiger partial charge in [-0.15, -0.1) is 17.5 Å². The highest BCUT2D eigenvalue weighted by atomic mass is 35.5. The third-order valence-electron chi connectivity index (χ3n) is 3.93. The minimum Gasteiger partial charge on any atom is -0.317 e. The van der Waals surface area contributed by atoms with E-state index in [-0.39, 0.29) is 17.9 Å². The lowest BCUT2D eigenvalue weighted by Crippen LogP contribution is -2.43. The Morgan fingerprint density at radius 3 is 2.52 bits per heavy atom. The van der Waals surface area contributed by atoms with E-state index in [1.54, 1.807) is 0 Å². The first kappa shape index (κ1) is 18.4. The lowest BCUT2D eigenvalue weighted by atomic mass is 10.0. The van der Waals surface area contributed by atoms with E-state index in [0.29, 0.717) is 6.04 Å². The van der Waals surface area contributed by atoms with Crippen LogP contribution in [0.5, 0.6) is 0 Å². The van der Waals surface area contributed by atoms with Crippen molar-refractivity contribution in [2.45, 2.75) is 65.1 Å². The zero-order chi connectivity index (χ0) is 14.6. The van der Waals surface area contributed by atoms with Gasteiger partial charge in [0, 0.05) is 12.6 Å². The van der Waals surface area contributed by atoms with Gasteiger partial charge in [-0.1, -0.05) is 12.1 Å². The van der Waals surface area contributed by atoms with Crippen LogP contribution in [0.15, 0.2) is 6.20 Å². The Labute approximate surface area is 134 Å². The van der Waals surface area contributed by atoms with Crippen LogP contribution in [0.3, 0.4) is 0 Å². The second-order valence-electron chi connectivity index (χ2n) is 6.78. The summed E-state index contributed by atoms with van der Waals surface area (Å²) in [6.07, 6.45) is 5.78. The Balaban J connectivity index is 0.00000220. The van der Waals surface area contributed by atoms with Gasteiger partial charge in [0.1, 0.15) is 0 Å². The van der Waals surface area contributed by atoms with Gasteiger partial charge in [0.15, 0.2) is 0 Å². The Kier molecular flexibility index (Phi) is 7.10. The first-order chi connectivity index (χ1) is 9.50. The SMILES string of the molecule is CCCN(Cc1cn(C(C)(C)C)nn1)C1CCNCC1.Cl. The smallest absolute Gasteiger partial charge is 0.0967 e. The molecule has 1 fully saturated rings. The molecular formula is C15H30ClN5. The van der Waals surface area contributed by atoms with E-state index in [2.05, 4.69) is 54.4 Å². The Bertz CT molecular complexity index is 406. The molecule has 21 heavy (non-hydrogen) atoms. The van der Waals surface area contributed by atoms with Crippen LogP contribution in [-0.2, 0) is 12.1 Å². The standard InChI is InChI=1S/C15H29N5.ClH/c1-5-10-19(14-6-8-16-9-7-14)11-13-12-20(18-17-13)15(2,3)4;/h12,14,16H,5-11H2,1-4H3;1H. The van der Waals surface area contributed by atoms with Gasteiger partial charge in [0.05, 0.1) is 17.4 Å². The molecule has 0 amide bonds. The van der Waals surface area contributed by atoms with Crippen LogP contribution in [0.25, 0.3) is 0 Å². The number of halogens is 1. The minimum absolute atomic E-state index is 0. The van der Waals surface area contributed by atoms with E-state index < -0.39 is 0 Å². The summed E-state index contributed by atoms with van der Waals surface area (Å²) >= 11 is 0. The molecular weight excluding hydrogens is 286 g/mol. The van der Waals surface area contributed by atoms with Crippen molar-refractivity contribution in [1.29, 1.82) is 0 Å². The fraction of sp³-hybridized carbons (Fsp3) is 0.867. The number of hydrogen-bond acceptors (Lipinski definition) is 4. The van der Waals surface area contributed by atoms with Crippen molar-refractivity contribution < 1.29 is 0 Å². The second kappa shape index (κ2) is 8.11. The first-order valence-corrected chi connectivity index (χ1v) is 7.87. The van der Waals surface area contributed by atoms with Crippen LogP contribution >= 0.6 is 12.4 Å². The normalized spacial score (nSPS) is 17.0. The number of piperidine rings is 1. The number of nitrogens with zero attached hydrogens (tertiary/aromatic N) is 4. The van der Waals surface area contributed by atoms with Crippen LogP contribution in [0, 0.1) is 0 Å². The van der Waals surface area contributed by atoms with Gasteiger partial charge in [0.25, 0.3) is 0 Å². The van der Waals surface area contributed by atoms with Crippen molar-refractivity contribution in [3.8, 4) is 0 Å². The van der Waals surface area contributed by atoms with E-state index in [9.17, 15) is 0 Å². The molecule has 0 bridgehead atoms. The van der Waals surface area contributed by atoms with Gasteiger partial charge in [-0.05, 0) is 59.7 Å². The van der Waals surface area contributed by atoms with Crippen LogP contribution in [-0.4, -0.2) is 45.6 Å². The highest BCUT2D eigenvalue weighted by Crippen LogP contribution is 2.17. The van der Waals surface area contributed by atoms with Crippen molar-refractivity contribution >= 4 is 12.4 Å². The molecule has 5 nitrogen and oxygen atoms in total. The lowest BCUT2D eigenvalue weighted by molar-refractivity contribution is 0.152. The predicted molar refractivity (Wildman–Crippen MR) is 88.9 cm³/mol. The molecule has 1 aliphatic heterocycles. The summed E-state index contributed by atoms with van der Waals surface area (Å²) in [4.78, 5) is 2.58. The predicted octanol–water partition coefficient (Wildman–Crippen LogP) is 2.42. The molecule has 1 aliphatic rings. The van der Waals surface area contributed by atoms with E-state index in [1.165, 1.54) is 19.3 Å². The Morgan fingerprint density at radius 1 is 1.33 bits per heavy atom. The zero-order valence-electron chi connectivity index (χ0n) is 13.8. The monoisotopic (exact) mass is 315 g/mol. The summed E-state index contributed by atoms with van der Waals surface area (Å²) in [5, 5.41) is 12.1. The van der Waals surface area contributed by atoms with Gasteiger partial charge >= 0.3 is 0 Å². The summed E-state index contributed by atoms with van der Waals surface area (Å²) in [7, 11) is 0. The molecule has 0 saturated carbocycles. The molecule has 0 aromatic carbocycles. The van der Waals surface area contributed by atoms with Crippen molar-refractivity contribution in [3.63, 3.8) is 0 Å². The fourth-order valence-electron chi connectivity index (χ4n) is 2.76. The lowest BCUT2D eigenvalue weighted by Gasteiger charge is -2.33. The van der Waals surface area contributed by atoms with Crippen LogP contribution in [0.2, 0.25) is 0 Å². The fourth-order valence-corrected chi connectivity index (χ4v) is 2.76. The molecule has 0 unspecified atom stereocenters. The van der Waals surface area contributed by atoms with Crippen molar-refractivity contribution in [3.05, 3.63) is 11.9 Å². The minimum atomic E-state index is 0. The van der Waals surface area contributed by atoms with Gasteiger partial charge in [0.2, 0.25) is 0 Å². The number of aromatic nitrogens is 3. The zero-order valence-corrected chi connectivity index (χ0v) is 14.6. The molecule has 122 valence electrons. The molecule has 0 aliphatic carbocycles. The summed E-state index contributed by atoms with van der Waals surface area (Å²) in [5.41, 5.74) is 1.10. The largest absolute Gasteiger partial charge is 0.317 e.